The van der Waals surface area contributed by atoms with Gasteiger partial charge < -0.3 is 19.2 Å². The average Bonchev–Trinajstić information content (AvgIpc) is 3.06. The van der Waals surface area contributed by atoms with Crippen molar-refractivity contribution in [1.29, 1.82) is 0 Å². The number of carbonyl (C=O) groups is 2. The molecule has 0 saturated carbocycles. The summed E-state index contributed by atoms with van der Waals surface area (Å²) in [4.78, 5) is 24.1. The number of para-hydroxylation sites is 1. The molecule has 0 aliphatic carbocycles. The second kappa shape index (κ2) is 8.61. The minimum atomic E-state index is -0.478. The molecular weight excluding hydrogens is 358 g/mol. The number of nitrogens with one attached hydrogen (secondary N) is 1. The minimum absolute atomic E-state index is 0.0509. The summed E-state index contributed by atoms with van der Waals surface area (Å²) >= 11 is 0. The summed E-state index contributed by atoms with van der Waals surface area (Å²) in [6, 6.07) is 11.3. The van der Waals surface area contributed by atoms with Crippen LogP contribution in [0.5, 0.6) is 5.75 Å². The van der Waals surface area contributed by atoms with Gasteiger partial charge in [0.05, 0.1) is 19.8 Å². The molecule has 28 heavy (non-hydrogen) atoms. The van der Waals surface area contributed by atoms with Gasteiger partial charge >= 0.3 is 5.97 Å². The fraction of sp³-hybridized carbons (Fsp3) is 0.273. The average molecular weight is 381 g/mol. The summed E-state index contributed by atoms with van der Waals surface area (Å²) in [7, 11) is 1.57. The van der Waals surface area contributed by atoms with Crippen LogP contribution in [0.15, 0.2) is 47.1 Å². The number of furan rings is 1. The Labute approximate surface area is 163 Å². The molecule has 146 valence electrons. The first-order chi connectivity index (χ1) is 13.5. The molecule has 1 heterocycles. The minimum Gasteiger partial charge on any atom is -0.496 e. The van der Waals surface area contributed by atoms with Crippen LogP contribution in [-0.4, -0.2) is 25.6 Å². The van der Waals surface area contributed by atoms with Crippen LogP contribution in [0.3, 0.4) is 0 Å². The molecule has 3 rings (SSSR count). The van der Waals surface area contributed by atoms with Crippen LogP contribution in [0, 0.1) is 13.8 Å². The van der Waals surface area contributed by atoms with Crippen molar-refractivity contribution < 1.29 is 23.5 Å². The highest BCUT2D eigenvalue weighted by molar-refractivity contribution is 5.87. The largest absolute Gasteiger partial charge is 0.496 e. The van der Waals surface area contributed by atoms with Gasteiger partial charge in [0.2, 0.25) is 0 Å². The van der Waals surface area contributed by atoms with Gasteiger partial charge in [0, 0.05) is 23.1 Å². The zero-order valence-corrected chi connectivity index (χ0v) is 16.2. The van der Waals surface area contributed by atoms with Gasteiger partial charge in [-0.05, 0) is 43.2 Å². The smallest absolute Gasteiger partial charge is 0.310 e. The van der Waals surface area contributed by atoms with Crippen LogP contribution in [0.4, 0.5) is 0 Å². The lowest BCUT2D eigenvalue weighted by atomic mass is 10.0. The van der Waals surface area contributed by atoms with E-state index in [1.165, 1.54) is 0 Å². The van der Waals surface area contributed by atoms with Crippen molar-refractivity contribution in [2.45, 2.75) is 26.8 Å². The van der Waals surface area contributed by atoms with Crippen LogP contribution < -0.4 is 10.1 Å². The van der Waals surface area contributed by atoms with Crippen molar-refractivity contribution in [2.24, 2.45) is 0 Å². The Balaban J connectivity index is 1.51. The molecule has 0 fully saturated rings. The molecule has 3 aromatic rings. The number of rotatable bonds is 7. The lowest BCUT2D eigenvalue weighted by molar-refractivity contribution is -0.147. The van der Waals surface area contributed by atoms with Crippen molar-refractivity contribution in [3.63, 3.8) is 0 Å². The molecule has 0 unspecified atom stereocenters. The maximum atomic E-state index is 12.1. The number of benzene rings is 2. The molecule has 1 aromatic heterocycles. The molecule has 0 saturated heterocycles. The molecule has 0 radical (unpaired) electrons. The van der Waals surface area contributed by atoms with E-state index in [2.05, 4.69) is 5.32 Å². The lowest BCUT2D eigenvalue weighted by Gasteiger charge is -2.09. The summed E-state index contributed by atoms with van der Waals surface area (Å²) in [5.74, 6) is -0.159. The van der Waals surface area contributed by atoms with E-state index in [0.29, 0.717) is 12.3 Å². The third-order valence-electron chi connectivity index (χ3n) is 4.64. The number of ether oxygens (including phenoxy) is 2. The SMILES string of the molecule is COc1ccccc1CNC(=O)COC(=O)Cc1coc2cc(C)c(C)cc12. The van der Waals surface area contributed by atoms with Gasteiger partial charge in [0.1, 0.15) is 11.3 Å². The van der Waals surface area contributed by atoms with Gasteiger partial charge in [0.15, 0.2) is 6.61 Å². The fourth-order valence-corrected chi connectivity index (χ4v) is 2.92. The number of hydrogen-bond acceptors (Lipinski definition) is 5. The topological polar surface area (TPSA) is 77.8 Å². The van der Waals surface area contributed by atoms with E-state index in [1.54, 1.807) is 13.4 Å². The summed E-state index contributed by atoms with van der Waals surface area (Å²) in [6.07, 6.45) is 1.61. The van der Waals surface area contributed by atoms with Crippen LogP contribution in [-0.2, 0) is 27.3 Å². The van der Waals surface area contributed by atoms with Crippen molar-refractivity contribution in [2.75, 3.05) is 13.7 Å². The molecule has 0 atom stereocenters. The first kappa shape index (κ1) is 19.5. The molecule has 1 N–H and O–H groups in total. The Morgan fingerprint density at radius 3 is 2.61 bits per heavy atom. The number of amides is 1. The summed E-state index contributed by atoms with van der Waals surface area (Å²) in [5.41, 5.74) is 4.58. The highest BCUT2D eigenvalue weighted by Gasteiger charge is 2.14. The van der Waals surface area contributed by atoms with Crippen LogP contribution in [0.2, 0.25) is 0 Å². The van der Waals surface area contributed by atoms with E-state index in [0.717, 1.165) is 33.2 Å². The fourth-order valence-electron chi connectivity index (χ4n) is 2.92. The van der Waals surface area contributed by atoms with E-state index < -0.39 is 5.97 Å². The quantitative estimate of drug-likeness (QED) is 0.634. The molecule has 0 aliphatic heterocycles. The highest BCUT2D eigenvalue weighted by Crippen LogP contribution is 2.25. The first-order valence-corrected chi connectivity index (χ1v) is 8.99. The molecule has 0 bridgehead atoms. The number of esters is 1. The molecule has 0 aliphatic rings. The van der Waals surface area contributed by atoms with Crippen LogP contribution in [0.25, 0.3) is 11.0 Å². The number of hydrogen-bond donors (Lipinski definition) is 1. The van der Waals surface area contributed by atoms with Gasteiger partial charge in [-0.3, -0.25) is 9.59 Å². The number of carbonyl (C=O) groups excluding carboxylic acids is 2. The maximum absolute atomic E-state index is 12.1. The van der Waals surface area contributed by atoms with Crippen molar-refractivity contribution >= 4 is 22.8 Å². The predicted octanol–water partition coefficient (Wildman–Crippen LogP) is 3.46. The van der Waals surface area contributed by atoms with Crippen molar-refractivity contribution in [3.05, 3.63) is 64.9 Å². The van der Waals surface area contributed by atoms with Crippen LogP contribution in [0.1, 0.15) is 22.3 Å². The Bertz CT molecular complexity index is 1010. The van der Waals surface area contributed by atoms with Crippen LogP contribution >= 0.6 is 0 Å². The Kier molecular flexibility index (Phi) is 5.99. The van der Waals surface area contributed by atoms with Gasteiger partial charge in [-0.25, -0.2) is 0 Å². The Morgan fingerprint density at radius 1 is 1.07 bits per heavy atom. The number of methoxy groups -OCH3 is 1. The summed E-state index contributed by atoms with van der Waals surface area (Å²) in [6.45, 7) is 3.98. The maximum Gasteiger partial charge on any atom is 0.310 e. The molecule has 0 spiro atoms. The van der Waals surface area contributed by atoms with Gasteiger partial charge in [0.25, 0.3) is 5.91 Å². The zero-order chi connectivity index (χ0) is 20.1. The normalized spacial score (nSPS) is 10.7. The monoisotopic (exact) mass is 381 g/mol. The molecule has 1 amide bonds. The van der Waals surface area contributed by atoms with E-state index >= 15 is 0 Å². The van der Waals surface area contributed by atoms with Gasteiger partial charge in [-0.1, -0.05) is 18.2 Å². The van der Waals surface area contributed by atoms with E-state index in [9.17, 15) is 9.59 Å². The Morgan fingerprint density at radius 2 is 1.82 bits per heavy atom. The van der Waals surface area contributed by atoms with Gasteiger partial charge in [-0.2, -0.15) is 0 Å². The zero-order valence-electron chi connectivity index (χ0n) is 16.2. The van der Waals surface area contributed by atoms with E-state index in [-0.39, 0.29) is 18.9 Å². The lowest BCUT2D eigenvalue weighted by Crippen LogP contribution is -2.28. The Hall–Kier alpha value is -3.28. The third kappa shape index (κ3) is 4.52. The first-order valence-electron chi connectivity index (χ1n) is 8.99. The van der Waals surface area contributed by atoms with Crippen molar-refractivity contribution in [3.8, 4) is 5.75 Å². The molecule has 6 nitrogen and oxygen atoms in total. The third-order valence-corrected chi connectivity index (χ3v) is 4.64. The second-order valence-electron chi connectivity index (χ2n) is 6.62. The summed E-state index contributed by atoms with van der Waals surface area (Å²) < 4.78 is 15.9. The van der Waals surface area contributed by atoms with Gasteiger partial charge in [-0.15, -0.1) is 0 Å². The number of fused-ring (bicyclic) bond motifs is 1. The van der Waals surface area contributed by atoms with E-state index in [1.807, 2.05) is 50.2 Å². The standard InChI is InChI=1S/C22H23NO5/c1-14-8-18-17(12-27-20(18)9-15(14)2)10-22(25)28-13-21(24)23-11-16-6-4-5-7-19(16)26-3/h4-9,12H,10-11,13H2,1-3H3,(H,23,24). The molecular formula is C22H23NO5. The van der Waals surface area contributed by atoms with Crippen molar-refractivity contribution in [1.82, 2.24) is 5.32 Å². The summed E-state index contributed by atoms with van der Waals surface area (Å²) in [5, 5.41) is 3.61. The van der Waals surface area contributed by atoms with E-state index in [4.69, 9.17) is 13.9 Å². The second-order valence-corrected chi connectivity index (χ2v) is 6.62. The molecule has 2 aromatic carbocycles. The molecule has 6 heteroatoms. The number of aryl methyl sites for hydroxylation is 2. The predicted molar refractivity (Wildman–Crippen MR) is 105 cm³/mol. The highest BCUT2D eigenvalue weighted by atomic mass is 16.5.